The third-order valence-corrected chi connectivity index (χ3v) is 4.24. The second kappa shape index (κ2) is 6.04. The first-order valence-corrected chi connectivity index (χ1v) is 7.28. The molecule has 1 heterocycles. The summed E-state index contributed by atoms with van der Waals surface area (Å²) in [6.07, 6.45) is 2.62. The maximum atomic E-state index is 5.94. The van der Waals surface area contributed by atoms with Gasteiger partial charge in [-0.2, -0.15) is 0 Å². The van der Waals surface area contributed by atoms with Gasteiger partial charge in [-0.1, -0.05) is 6.07 Å². The van der Waals surface area contributed by atoms with Gasteiger partial charge in [-0.15, -0.1) is 0 Å². The zero-order valence-electron chi connectivity index (χ0n) is 11.2. The van der Waals surface area contributed by atoms with Crippen molar-refractivity contribution >= 4 is 21.6 Å². The lowest BCUT2D eigenvalue weighted by Crippen LogP contribution is -2.37. The highest BCUT2D eigenvalue weighted by Crippen LogP contribution is 2.24. The van der Waals surface area contributed by atoms with Crippen molar-refractivity contribution in [2.75, 3.05) is 32.9 Å². The van der Waals surface area contributed by atoms with Crippen molar-refractivity contribution in [1.82, 2.24) is 9.80 Å². The van der Waals surface area contributed by atoms with E-state index in [1.807, 2.05) is 6.07 Å². The number of benzene rings is 1. The van der Waals surface area contributed by atoms with Gasteiger partial charge < -0.3 is 10.6 Å². The van der Waals surface area contributed by atoms with Crippen LogP contribution in [-0.4, -0.2) is 43.0 Å². The molecule has 0 saturated carbocycles. The maximum Gasteiger partial charge on any atom is 0.0461 e. The number of nitrogens with zero attached hydrogens (tertiary/aromatic N) is 2. The second-order valence-corrected chi connectivity index (χ2v) is 6.24. The summed E-state index contributed by atoms with van der Waals surface area (Å²) in [7, 11) is 4.29. The molecule has 3 nitrogen and oxygen atoms in total. The number of rotatable bonds is 4. The van der Waals surface area contributed by atoms with Crippen LogP contribution < -0.4 is 5.73 Å². The number of anilines is 1. The topological polar surface area (TPSA) is 32.5 Å². The molecule has 1 atom stereocenters. The van der Waals surface area contributed by atoms with Crippen LogP contribution in [0.25, 0.3) is 0 Å². The van der Waals surface area contributed by atoms with E-state index < -0.39 is 0 Å². The quantitative estimate of drug-likeness (QED) is 0.867. The Morgan fingerprint density at radius 3 is 2.89 bits per heavy atom. The Hall–Kier alpha value is -0.580. The van der Waals surface area contributed by atoms with Crippen LogP contribution >= 0.6 is 15.9 Å². The van der Waals surface area contributed by atoms with Crippen LogP contribution in [0.2, 0.25) is 0 Å². The highest BCUT2D eigenvalue weighted by molar-refractivity contribution is 9.10. The van der Waals surface area contributed by atoms with Gasteiger partial charge in [-0.25, -0.2) is 0 Å². The van der Waals surface area contributed by atoms with Gasteiger partial charge in [0.2, 0.25) is 0 Å². The highest BCUT2D eigenvalue weighted by atomic mass is 79.9. The average Bonchev–Trinajstić information content (AvgIpc) is 2.70. The summed E-state index contributed by atoms with van der Waals surface area (Å²) in [6, 6.07) is 6.97. The van der Waals surface area contributed by atoms with Crippen molar-refractivity contribution in [3.63, 3.8) is 0 Å². The maximum absolute atomic E-state index is 5.94. The van der Waals surface area contributed by atoms with Crippen molar-refractivity contribution in [2.24, 2.45) is 0 Å². The van der Waals surface area contributed by atoms with Crippen LogP contribution in [0.4, 0.5) is 5.69 Å². The molecule has 0 amide bonds. The lowest BCUT2D eigenvalue weighted by atomic mass is 10.1. The first-order valence-electron chi connectivity index (χ1n) is 6.49. The predicted molar refractivity (Wildman–Crippen MR) is 80.5 cm³/mol. The van der Waals surface area contributed by atoms with Gasteiger partial charge in [-0.3, -0.25) is 4.90 Å². The molecule has 1 unspecified atom stereocenters. The largest absolute Gasteiger partial charge is 0.398 e. The summed E-state index contributed by atoms with van der Waals surface area (Å²) in [5.41, 5.74) is 8.07. The minimum atomic E-state index is 0.685. The number of halogens is 1. The summed E-state index contributed by atoms with van der Waals surface area (Å²) < 4.78 is 0.984. The Kier molecular flexibility index (Phi) is 4.65. The third-order valence-electron chi connectivity index (χ3n) is 3.52. The summed E-state index contributed by atoms with van der Waals surface area (Å²) in [5.74, 6) is 0. The number of hydrogen-bond donors (Lipinski definition) is 1. The zero-order valence-corrected chi connectivity index (χ0v) is 12.8. The summed E-state index contributed by atoms with van der Waals surface area (Å²) in [4.78, 5) is 4.85. The Labute approximate surface area is 118 Å². The van der Waals surface area contributed by atoms with Gasteiger partial charge in [0.25, 0.3) is 0 Å². The van der Waals surface area contributed by atoms with Gasteiger partial charge in [0.1, 0.15) is 0 Å². The zero-order chi connectivity index (χ0) is 13.1. The monoisotopic (exact) mass is 311 g/mol. The molecule has 1 fully saturated rings. The molecule has 2 N–H and O–H groups in total. The van der Waals surface area contributed by atoms with E-state index in [1.54, 1.807) is 0 Å². The van der Waals surface area contributed by atoms with Gasteiger partial charge in [-0.05, 0) is 67.1 Å². The van der Waals surface area contributed by atoms with Crippen LogP contribution in [0.1, 0.15) is 18.4 Å². The molecule has 1 aliphatic heterocycles. The highest BCUT2D eigenvalue weighted by Gasteiger charge is 2.24. The van der Waals surface area contributed by atoms with E-state index in [2.05, 4.69) is 52.0 Å². The molecular formula is C14H22BrN3. The molecule has 1 aromatic rings. The molecular weight excluding hydrogens is 290 g/mol. The standard InChI is InChI=1S/C14H22BrN3/c1-17(2)10-12-4-3-7-18(12)9-11-5-6-13(15)14(16)8-11/h5-6,8,12H,3-4,7,9-10,16H2,1-2H3. The second-order valence-electron chi connectivity index (χ2n) is 5.38. The molecule has 0 spiro atoms. The van der Waals surface area contributed by atoms with Crippen LogP contribution in [0.3, 0.4) is 0 Å². The lowest BCUT2D eigenvalue weighted by molar-refractivity contribution is 0.201. The first-order chi connectivity index (χ1) is 8.56. The first kappa shape index (κ1) is 13.8. The molecule has 0 radical (unpaired) electrons. The lowest BCUT2D eigenvalue weighted by Gasteiger charge is -2.27. The van der Waals surface area contributed by atoms with E-state index in [0.29, 0.717) is 6.04 Å². The van der Waals surface area contributed by atoms with Gasteiger partial charge in [0.15, 0.2) is 0 Å². The van der Waals surface area contributed by atoms with Crippen LogP contribution in [0.5, 0.6) is 0 Å². The van der Waals surface area contributed by atoms with E-state index >= 15 is 0 Å². The van der Waals surface area contributed by atoms with Crippen LogP contribution in [0, 0.1) is 0 Å². The molecule has 1 aliphatic rings. The Morgan fingerprint density at radius 2 is 2.22 bits per heavy atom. The number of nitrogen functional groups attached to an aromatic ring is 1. The fourth-order valence-electron chi connectivity index (χ4n) is 2.66. The fraction of sp³-hybridized carbons (Fsp3) is 0.571. The minimum absolute atomic E-state index is 0.685. The molecule has 1 saturated heterocycles. The smallest absolute Gasteiger partial charge is 0.0461 e. The summed E-state index contributed by atoms with van der Waals surface area (Å²) in [6.45, 7) is 3.36. The molecule has 2 rings (SSSR count). The van der Waals surface area contributed by atoms with E-state index in [9.17, 15) is 0 Å². The molecule has 0 aliphatic carbocycles. The van der Waals surface area contributed by atoms with Crippen molar-refractivity contribution in [3.05, 3.63) is 28.2 Å². The average molecular weight is 312 g/mol. The van der Waals surface area contributed by atoms with Gasteiger partial charge >= 0.3 is 0 Å². The summed E-state index contributed by atoms with van der Waals surface area (Å²) in [5, 5.41) is 0. The minimum Gasteiger partial charge on any atom is -0.398 e. The number of hydrogen-bond acceptors (Lipinski definition) is 3. The molecule has 4 heteroatoms. The van der Waals surface area contributed by atoms with Gasteiger partial charge in [0, 0.05) is 29.3 Å². The van der Waals surface area contributed by atoms with E-state index in [-0.39, 0.29) is 0 Å². The molecule has 0 bridgehead atoms. The Balaban J connectivity index is 2.01. The van der Waals surface area contributed by atoms with Crippen molar-refractivity contribution in [1.29, 1.82) is 0 Å². The number of likely N-dealkylation sites (tertiary alicyclic amines) is 1. The molecule has 18 heavy (non-hydrogen) atoms. The Bertz CT molecular complexity index is 406. The third kappa shape index (κ3) is 3.46. The van der Waals surface area contributed by atoms with Crippen LogP contribution in [-0.2, 0) is 6.54 Å². The number of likely N-dealkylation sites (N-methyl/N-ethyl adjacent to an activating group) is 1. The fourth-order valence-corrected chi connectivity index (χ4v) is 2.90. The van der Waals surface area contributed by atoms with Crippen molar-refractivity contribution in [3.8, 4) is 0 Å². The molecule has 1 aromatic carbocycles. The number of nitrogens with two attached hydrogens (primary N) is 1. The van der Waals surface area contributed by atoms with Crippen LogP contribution in [0.15, 0.2) is 22.7 Å². The summed E-state index contributed by atoms with van der Waals surface area (Å²) >= 11 is 3.44. The van der Waals surface area contributed by atoms with E-state index in [4.69, 9.17) is 5.73 Å². The molecule has 100 valence electrons. The Morgan fingerprint density at radius 1 is 1.44 bits per heavy atom. The van der Waals surface area contributed by atoms with E-state index in [1.165, 1.54) is 24.9 Å². The van der Waals surface area contributed by atoms with Crippen molar-refractivity contribution < 1.29 is 0 Å². The predicted octanol–water partition coefficient (Wildman–Crippen LogP) is 2.56. The molecule has 0 aromatic heterocycles. The van der Waals surface area contributed by atoms with E-state index in [0.717, 1.165) is 23.2 Å². The van der Waals surface area contributed by atoms with Gasteiger partial charge in [0.05, 0.1) is 0 Å². The normalized spacial score (nSPS) is 20.8. The SMILES string of the molecule is CN(C)CC1CCCN1Cc1ccc(Br)c(N)c1. The van der Waals surface area contributed by atoms with Crippen molar-refractivity contribution in [2.45, 2.75) is 25.4 Å².